The van der Waals surface area contributed by atoms with Gasteiger partial charge in [0.15, 0.2) is 11.2 Å². The predicted octanol–water partition coefficient (Wildman–Crippen LogP) is 1.38. The molecule has 2 aliphatic heterocycles. The molecule has 0 bridgehead atoms. The highest BCUT2D eigenvalue weighted by atomic mass is 19.1. The van der Waals surface area contributed by atoms with E-state index in [-0.39, 0.29) is 12.1 Å². The van der Waals surface area contributed by atoms with E-state index in [1.165, 1.54) is 29.8 Å². The Bertz CT molecular complexity index is 1800. The van der Waals surface area contributed by atoms with Gasteiger partial charge in [-0.15, -0.1) is 0 Å². The summed E-state index contributed by atoms with van der Waals surface area (Å²) in [6, 6.07) is 13.1. The van der Waals surface area contributed by atoms with E-state index >= 15 is 0 Å². The Labute approximate surface area is 234 Å². The third-order valence-electron chi connectivity index (χ3n) is 8.04. The fourth-order valence-electron chi connectivity index (χ4n) is 5.72. The van der Waals surface area contributed by atoms with Crippen molar-refractivity contribution in [2.75, 3.05) is 36.0 Å². The first-order valence-electron chi connectivity index (χ1n) is 13.5. The highest BCUT2D eigenvalue weighted by Gasteiger charge is 2.44. The zero-order chi connectivity index (χ0) is 29.0. The molecule has 2 aromatic heterocycles. The van der Waals surface area contributed by atoms with E-state index in [1.54, 1.807) is 13.1 Å². The number of halogens is 1. The third kappa shape index (κ3) is 4.44. The number of piperazine rings is 1. The standard InChI is InChI=1S/C29H30FN7O4/c1-18-8-10-19(11-9-18)17-36-24-25(32(2)29(41)33(3)27(24)40)31-28(36)35-14-12-34(13-15-35)22-16-23(38)37(26(22)39)21-7-5-4-6-20(21)30/h4-11,22H,12-17H2,1-3H3. The smallest absolute Gasteiger partial charge is 0.332 e. The summed E-state index contributed by atoms with van der Waals surface area (Å²) in [4.78, 5) is 61.7. The Morgan fingerprint density at radius 2 is 1.59 bits per heavy atom. The van der Waals surface area contributed by atoms with Gasteiger partial charge < -0.3 is 4.90 Å². The van der Waals surface area contributed by atoms with E-state index < -0.39 is 34.9 Å². The molecule has 0 radical (unpaired) electrons. The quantitative estimate of drug-likeness (QED) is 0.340. The Balaban J connectivity index is 1.30. The van der Waals surface area contributed by atoms with E-state index in [2.05, 4.69) is 0 Å². The number of aromatic nitrogens is 4. The Morgan fingerprint density at radius 1 is 0.902 bits per heavy atom. The first-order chi connectivity index (χ1) is 19.7. The number of imidazole rings is 1. The largest absolute Gasteiger partial charge is 0.340 e. The molecule has 6 rings (SSSR count). The fraction of sp³-hybridized carbons (Fsp3) is 0.345. The van der Waals surface area contributed by atoms with Crippen LogP contribution in [0, 0.1) is 12.7 Å². The Kier molecular flexibility index (Phi) is 6.57. The van der Waals surface area contributed by atoms with Crippen LogP contribution in [0.3, 0.4) is 0 Å². The number of rotatable bonds is 5. The van der Waals surface area contributed by atoms with Crippen LogP contribution in [0.1, 0.15) is 17.5 Å². The Hall–Kier alpha value is -4.58. The molecule has 2 aliphatic rings. The number of aryl methyl sites for hydroxylation is 2. The highest BCUT2D eigenvalue weighted by Crippen LogP contribution is 2.29. The third-order valence-corrected chi connectivity index (χ3v) is 8.04. The average molecular weight is 560 g/mol. The minimum atomic E-state index is -0.677. The topological polar surface area (TPSA) is 106 Å². The zero-order valence-corrected chi connectivity index (χ0v) is 23.1. The van der Waals surface area contributed by atoms with Gasteiger partial charge in [0.05, 0.1) is 24.7 Å². The van der Waals surface area contributed by atoms with Crippen LogP contribution in [0.2, 0.25) is 0 Å². The lowest BCUT2D eigenvalue weighted by Crippen LogP contribution is -2.53. The van der Waals surface area contributed by atoms with E-state index in [0.29, 0.717) is 49.8 Å². The molecule has 0 saturated carbocycles. The van der Waals surface area contributed by atoms with Crippen LogP contribution in [0.4, 0.5) is 16.0 Å². The first kappa shape index (κ1) is 26.6. The number of para-hydroxylation sites is 1. The number of carbonyl (C=O) groups is 2. The SMILES string of the molecule is Cc1ccc(Cn2c(N3CCN(C4CC(=O)N(c5ccccc5F)C4=O)CC3)nc3c2c(=O)n(C)c(=O)n3C)cc1. The van der Waals surface area contributed by atoms with Crippen molar-refractivity contribution in [1.29, 1.82) is 0 Å². The lowest BCUT2D eigenvalue weighted by Gasteiger charge is -2.37. The van der Waals surface area contributed by atoms with Crippen molar-refractivity contribution in [3.63, 3.8) is 0 Å². The minimum absolute atomic E-state index is 0.0166. The minimum Gasteiger partial charge on any atom is -0.340 e. The molecule has 41 heavy (non-hydrogen) atoms. The molecule has 4 heterocycles. The molecule has 2 saturated heterocycles. The number of fused-ring (bicyclic) bond motifs is 1. The van der Waals surface area contributed by atoms with Crippen LogP contribution in [0.25, 0.3) is 11.2 Å². The summed E-state index contributed by atoms with van der Waals surface area (Å²) in [5.74, 6) is -0.920. The van der Waals surface area contributed by atoms with E-state index in [9.17, 15) is 23.6 Å². The van der Waals surface area contributed by atoms with Gasteiger partial charge in [0.1, 0.15) is 5.82 Å². The molecule has 0 aliphatic carbocycles. The van der Waals surface area contributed by atoms with Crippen LogP contribution in [-0.4, -0.2) is 67.6 Å². The number of amides is 2. The van der Waals surface area contributed by atoms with Crippen LogP contribution < -0.4 is 21.0 Å². The van der Waals surface area contributed by atoms with Gasteiger partial charge in [0, 0.05) is 40.3 Å². The van der Waals surface area contributed by atoms with Crippen LogP contribution >= 0.6 is 0 Å². The molecule has 11 nitrogen and oxygen atoms in total. The number of imide groups is 1. The van der Waals surface area contributed by atoms with Gasteiger partial charge in [-0.25, -0.2) is 14.1 Å². The summed E-state index contributed by atoms with van der Waals surface area (Å²) in [6.07, 6.45) is -0.0166. The van der Waals surface area contributed by atoms with Gasteiger partial charge >= 0.3 is 5.69 Å². The van der Waals surface area contributed by atoms with Crippen molar-refractivity contribution in [1.82, 2.24) is 23.6 Å². The summed E-state index contributed by atoms with van der Waals surface area (Å²) >= 11 is 0. The summed E-state index contributed by atoms with van der Waals surface area (Å²) in [5.41, 5.74) is 1.84. The molecule has 1 unspecified atom stereocenters. The second kappa shape index (κ2) is 10.1. The number of nitrogens with zero attached hydrogens (tertiary/aromatic N) is 7. The molecular weight excluding hydrogens is 529 g/mol. The number of anilines is 2. The normalized spacial score (nSPS) is 18.2. The number of benzene rings is 2. The van der Waals surface area contributed by atoms with Crippen molar-refractivity contribution < 1.29 is 14.0 Å². The maximum Gasteiger partial charge on any atom is 0.332 e. The van der Waals surface area contributed by atoms with Crippen LogP contribution in [-0.2, 0) is 30.2 Å². The molecule has 1 atom stereocenters. The molecule has 4 aromatic rings. The molecule has 2 fully saturated rings. The summed E-state index contributed by atoms with van der Waals surface area (Å²) in [6.45, 7) is 4.25. The zero-order valence-electron chi connectivity index (χ0n) is 23.1. The van der Waals surface area contributed by atoms with Gasteiger partial charge in [-0.2, -0.15) is 4.98 Å². The molecule has 212 valence electrons. The summed E-state index contributed by atoms with van der Waals surface area (Å²) in [5, 5.41) is 0. The van der Waals surface area contributed by atoms with Crippen molar-refractivity contribution >= 4 is 34.6 Å². The van der Waals surface area contributed by atoms with Gasteiger partial charge in [0.25, 0.3) is 11.5 Å². The van der Waals surface area contributed by atoms with E-state index in [1.807, 2.05) is 45.6 Å². The van der Waals surface area contributed by atoms with E-state index in [0.717, 1.165) is 20.6 Å². The summed E-state index contributed by atoms with van der Waals surface area (Å²) < 4.78 is 18.7. The van der Waals surface area contributed by atoms with Crippen molar-refractivity contribution in [2.24, 2.45) is 14.1 Å². The van der Waals surface area contributed by atoms with Gasteiger partial charge in [-0.3, -0.25) is 33.0 Å². The van der Waals surface area contributed by atoms with Crippen molar-refractivity contribution in [3.05, 3.63) is 86.3 Å². The molecule has 2 amide bonds. The molecule has 0 N–H and O–H groups in total. The number of hydrogen-bond donors (Lipinski definition) is 0. The van der Waals surface area contributed by atoms with Crippen LogP contribution in [0.5, 0.6) is 0 Å². The predicted molar refractivity (Wildman–Crippen MR) is 152 cm³/mol. The van der Waals surface area contributed by atoms with Gasteiger partial charge in [-0.1, -0.05) is 42.0 Å². The lowest BCUT2D eigenvalue weighted by atomic mass is 10.1. The van der Waals surface area contributed by atoms with Crippen molar-refractivity contribution in [2.45, 2.75) is 25.9 Å². The Morgan fingerprint density at radius 3 is 2.27 bits per heavy atom. The molecule has 0 spiro atoms. The average Bonchev–Trinajstić information content (AvgIpc) is 3.49. The maximum absolute atomic E-state index is 14.4. The lowest BCUT2D eigenvalue weighted by molar-refractivity contribution is -0.123. The second-order valence-electron chi connectivity index (χ2n) is 10.6. The molecular formula is C29H30FN7O4. The van der Waals surface area contributed by atoms with Gasteiger partial charge in [0.2, 0.25) is 11.9 Å². The fourth-order valence-corrected chi connectivity index (χ4v) is 5.72. The highest BCUT2D eigenvalue weighted by molar-refractivity contribution is 6.22. The second-order valence-corrected chi connectivity index (χ2v) is 10.6. The molecule has 2 aromatic carbocycles. The van der Waals surface area contributed by atoms with E-state index in [4.69, 9.17) is 4.98 Å². The number of carbonyl (C=O) groups excluding carboxylic acids is 2. The molecule has 12 heteroatoms. The number of hydrogen-bond acceptors (Lipinski definition) is 7. The first-order valence-corrected chi connectivity index (χ1v) is 13.5. The van der Waals surface area contributed by atoms with Crippen LogP contribution in [0.15, 0.2) is 58.1 Å². The van der Waals surface area contributed by atoms with Crippen molar-refractivity contribution in [3.8, 4) is 0 Å². The van der Waals surface area contributed by atoms with Gasteiger partial charge in [-0.05, 0) is 24.6 Å². The summed E-state index contributed by atoms with van der Waals surface area (Å²) in [7, 11) is 3.05. The maximum atomic E-state index is 14.4. The monoisotopic (exact) mass is 559 g/mol.